The van der Waals surface area contributed by atoms with Gasteiger partial charge in [-0.2, -0.15) is 0 Å². The molecule has 3 heteroatoms. The van der Waals surface area contributed by atoms with Crippen LogP contribution in [0, 0.1) is 0 Å². The summed E-state index contributed by atoms with van der Waals surface area (Å²) >= 11 is 0. The molecule has 5 aromatic carbocycles. The third-order valence-corrected chi connectivity index (χ3v) is 8.16. The summed E-state index contributed by atoms with van der Waals surface area (Å²) < 4.78 is 6.32. The van der Waals surface area contributed by atoms with Gasteiger partial charge in [-0.15, -0.1) is 0 Å². The third-order valence-electron chi connectivity index (χ3n) is 5.66. The van der Waals surface area contributed by atoms with Gasteiger partial charge in [-0.05, 0) is 52.8 Å². The lowest BCUT2D eigenvalue weighted by Crippen LogP contribution is -2.22. The van der Waals surface area contributed by atoms with Gasteiger partial charge >= 0.3 is 0 Å². The van der Waals surface area contributed by atoms with Crippen molar-refractivity contribution >= 4 is 45.7 Å². The normalized spacial score (nSPS) is 11.4. The van der Waals surface area contributed by atoms with Gasteiger partial charge in [0.05, 0.1) is 0 Å². The van der Waals surface area contributed by atoms with E-state index in [1.165, 1.54) is 21.3 Å². The fourth-order valence-electron chi connectivity index (χ4n) is 4.16. The molecule has 0 saturated carbocycles. The van der Waals surface area contributed by atoms with E-state index in [4.69, 9.17) is 9.40 Å². The van der Waals surface area contributed by atoms with Crippen molar-refractivity contribution in [3.63, 3.8) is 0 Å². The summed E-state index contributed by atoms with van der Waals surface area (Å²) in [5.41, 5.74) is 2.75. The van der Waals surface area contributed by atoms with Crippen molar-refractivity contribution in [1.29, 1.82) is 0 Å². The Kier molecular flexibility index (Phi) is 4.79. The Hall–Kier alpha value is -3.74. The predicted molar refractivity (Wildman–Crippen MR) is 136 cm³/mol. The average molecular weight is 429 g/mol. The van der Waals surface area contributed by atoms with E-state index in [-0.39, 0.29) is 0 Å². The van der Waals surface area contributed by atoms with Crippen molar-refractivity contribution in [2.45, 2.75) is 0 Å². The van der Waals surface area contributed by atoms with Gasteiger partial charge in [0.1, 0.15) is 5.52 Å². The van der Waals surface area contributed by atoms with Crippen LogP contribution >= 0.6 is 7.92 Å². The van der Waals surface area contributed by atoms with E-state index in [0.29, 0.717) is 5.89 Å². The van der Waals surface area contributed by atoms with Crippen LogP contribution in [0.5, 0.6) is 0 Å². The molecule has 32 heavy (non-hydrogen) atoms. The average Bonchev–Trinajstić information content (AvgIpc) is 3.27. The second kappa shape index (κ2) is 8.07. The maximum absolute atomic E-state index is 6.32. The molecule has 0 N–H and O–H groups in total. The maximum atomic E-state index is 6.32. The fraction of sp³-hybridized carbons (Fsp3) is 0. The number of rotatable bonds is 4. The summed E-state index contributed by atoms with van der Waals surface area (Å²) in [5, 5.41) is 6.19. The maximum Gasteiger partial charge on any atom is 0.227 e. The molecule has 6 aromatic rings. The number of oxazole rings is 1. The number of fused-ring (bicyclic) bond motifs is 2. The van der Waals surface area contributed by atoms with Gasteiger partial charge in [-0.25, -0.2) is 4.98 Å². The van der Waals surface area contributed by atoms with E-state index < -0.39 is 7.92 Å². The van der Waals surface area contributed by atoms with Crippen LogP contribution in [0.3, 0.4) is 0 Å². The van der Waals surface area contributed by atoms with Crippen LogP contribution in [0.2, 0.25) is 0 Å². The molecule has 0 bridgehead atoms. The minimum atomic E-state index is -0.751. The molecule has 6 rings (SSSR count). The number of aromatic nitrogens is 1. The lowest BCUT2D eigenvalue weighted by atomic mass is 10.1. The first-order chi connectivity index (χ1) is 15.9. The lowest BCUT2D eigenvalue weighted by molar-refractivity contribution is 0.621. The van der Waals surface area contributed by atoms with Crippen molar-refractivity contribution in [2.75, 3.05) is 0 Å². The molecule has 0 amide bonds. The Balaban J connectivity index is 1.55. The summed E-state index contributed by atoms with van der Waals surface area (Å²) in [6, 6.07) is 42.5. The molecule has 0 spiro atoms. The van der Waals surface area contributed by atoms with Crippen molar-refractivity contribution in [2.24, 2.45) is 0 Å². The molecule has 0 aliphatic heterocycles. The second-order valence-corrected chi connectivity index (χ2v) is 9.90. The zero-order valence-electron chi connectivity index (χ0n) is 17.3. The SMILES string of the molecule is c1ccc(P(c2ccccc2)c2ccccc2-c2nc3cc4ccccc4cc3o2)cc1. The quantitative estimate of drug-likeness (QED) is 0.303. The highest BCUT2D eigenvalue weighted by atomic mass is 31.1. The zero-order chi connectivity index (χ0) is 21.3. The first-order valence-electron chi connectivity index (χ1n) is 10.7. The van der Waals surface area contributed by atoms with Crippen LogP contribution in [0.1, 0.15) is 0 Å². The Morgan fingerprint density at radius 1 is 0.562 bits per heavy atom. The number of nitrogens with zero attached hydrogens (tertiary/aromatic N) is 1. The summed E-state index contributed by atoms with van der Waals surface area (Å²) in [6.45, 7) is 0. The highest BCUT2D eigenvalue weighted by Gasteiger charge is 2.22. The summed E-state index contributed by atoms with van der Waals surface area (Å²) in [4.78, 5) is 4.91. The Labute approximate surface area is 187 Å². The monoisotopic (exact) mass is 429 g/mol. The molecule has 0 aliphatic carbocycles. The van der Waals surface area contributed by atoms with Crippen molar-refractivity contribution < 1.29 is 4.42 Å². The van der Waals surface area contributed by atoms with Gasteiger partial charge in [0.15, 0.2) is 5.58 Å². The van der Waals surface area contributed by atoms with Crippen molar-refractivity contribution in [3.8, 4) is 11.5 Å². The Morgan fingerprint density at radius 3 is 1.81 bits per heavy atom. The van der Waals surface area contributed by atoms with E-state index in [1.807, 2.05) is 6.07 Å². The highest BCUT2D eigenvalue weighted by molar-refractivity contribution is 7.80. The molecule has 0 aliphatic rings. The predicted octanol–water partition coefficient (Wildman–Crippen LogP) is 6.41. The topological polar surface area (TPSA) is 26.0 Å². The molecule has 0 radical (unpaired) electrons. The number of hydrogen-bond donors (Lipinski definition) is 0. The van der Waals surface area contributed by atoms with Crippen LogP contribution < -0.4 is 15.9 Å². The van der Waals surface area contributed by atoms with Gasteiger partial charge in [0.25, 0.3) is 0 Å². The zero-order valence-corrected chi connectivity index (χ0v) is 18.2. The Morgan fingerprint density at radius 2 is 1.12 bits per heavy atom. The molecule has 0 fully saturated rings. The third kappa shape index (κ3) is 3.39. The Bertz CT molecular complexity index is 1430. The number of hydrogen-bond acceptors (Lipinski definition) is 2. The summed E-state index contributed by atoms with van der Waals surface area (Å²) in [7, 11) is -0.751. The van der Waals surface area contributed by atoms with Crippen LogP contribution in [-0.4, -0.2) is 4.98 Å². The molecule has 0 unspecified atom stereocenters. The van der Waals surface area contributed by atoms with Crippen LogP contribution in [0.25, 0.3) is 33.3 Å². The van der Waals surface area contributed by atoms with Crippen LogP contribution in [0.4, 0.5) is 0 Å². The molecule has 1 aromatic heterocycles. The van der Waals surface area contributed by atoms with Crippen molar-refractivity contribution in [1.82, 2.24) is 4.98 Å². The molecular weight excluding hydrogens is 409 g/mol. The minimum Gasteiger partial charge on any atom is -0.436 e. The smallest absolute Gasteiger partial charge is 0.227 e. The minimum absolute atomic E-state index is 0.672. The molecule has 0 atom stereocenters. The first-order valence-corrected chi connectivity index (χ1v) is 12.0. The number of benzene rings is 5. The van der Waals surface area contributed by atoms with Gasteiger partial charge in [-0.1, -0.05) is 103 Å². The highest BCUT2D eigenvalue weighted by Crippen LogP contribution is 2.37. The van der Waals surface area contributed by atoms with E-state index in [1.54, 1.807) is 0 Å². The molecule has 1 heterocycles. The van der Waals surface area contributed by atoms with Gasteiger partial charge < -0.3 is 4.42 Å². The van der Waals surface area contributed by atoms with Crippen LogP contribution in [0.15, 0.2) is 126 Å². The van der Waals surface area contributed by atoms with E-state index >= 15 is 0 Å². The van der Waals surface area contributed by atoms with Gasteiger partial charge in [0.2, 0.25) is 5.89 Å². The van der Waals surface area contributed by atoms with Crippen molar-refractivity contribution in [3.05, 3.63) is 121 Å². The van der Waals surface area contributed by atoms with Gasteiger partial charge in [0, 0.05) is 5.56 Å². The van der Waals surface area contributed by atoms with E-state index in [0.717, 1.165) is 22.0 Å². The fourth-order valence-corrected chi connectivity index (χ4v) is 6.60. The first kappa shape index (κ1) is 19.0. The van der Waals surface area contributed by atoms with Gasteiger partial charge in [-0.3, -0.25) is 0 Å². The van der Waals surface area contributed by atoms with E-state index in [2.05, 4.69) is 115 Å². The molecule has 2 nitrogen and oxygen atoms in total. The lowest BCUT2D eigenvalue weighted by Gasteiger charge is -2.21. The summed E-state index contributed by atoms with van der Waals surface area (Å²) in [6.07, 6.45) is 0. The standard InChI is InChI=1S/C29H20NOP/c1-3-13-23(14-4-1)32(24-15-5-2-6-16-24)28-18-10-9-17-25(28)29-30-26-19-21-11-7-8-12-22(21)20-27(26)31-29/h1-20H. The summed E-state index contributed by atoms with van der Waals surface area (Å²) in [5.74, 6) is 0.672. The van der Waals surface area contributed by atoms with Crippen LogP contribution in [-0.2, 0) is 0 Å². The largest absolute Gasteiger partial charge is 0.436 e. The van der Waals surface area contributed by atoms with E-state index in [9.17, 15) is 0 Å². The second-order valence-electron chi connectivity index (χ2n) is 7.71. The molecule has 152 valence electrons. The molecule has 0 saturated heterocycles. The molecular formula is C29H20NOP.